The lowest BCUT2D eigenvalue weighted by Gasteiger charge is -2.56. The van der Waals surface area contributed by atoms with Gasteiger partial charge in [-0.3, -0.25) is 4.79 Å². The Hall–Kier alpha value is -2.68. The van der Waals surface area contributed by atoms with Gasteiger partial charge in [0, 0.05) is 36.9 Å². The quantitative estimate of drug-likeness (QED) is 0.564. The molecule has 2 aromatic heterocycles. The second-order valence-corrected chi connectivity index (χ2v) is 10.4. The average molecular weight is 481 g/mol. The Morgan fingerprint density at radius 3 is 2.88 bits per heavy atom. The minimum atomic E-state index is -0.266. The number of H-pyrrole nitrogens is 1. The van der Waals surface area contributed by atoms with Crippen molar-refractivity contribution < 1.29 is 9.53 Å². The standard InChI is InChI=1S/C25H29ClN6O2/c1-15(2)28-9-19(16-3-5-17(26)6-4-16)24(33)31-10-20-25(12-31)13-34-11-21(25)32(20)23-18-7-8-27-22(18)29-14-30-23/h3-8,14-15,19-21,28H,9-13H2,1-2H3,(H,27,29,30)/t19-,20?,21?,25?/m1/s1. The van der Waals surface area contributed by atoms with Crippen molar-refractivity contribution in [3.05, 3.63) is 53.4 Å². The van der Waals surface area contributed by atoms with Gasteiger partial charge in [-0.2, -0.15) is 0 Å². The number of halogens is 1. The molecule has 3 aliphatic heterocycles. The Bertz CT molecular complexity index is 1210. The second-order valence-electron chi connectivity index (χ2n) is 10.0. The maximum absolute atomic E-state index is 13.9. The summed E-state index contributed by atoms with van der Waals surface area (Å²) < 4.78 is 5.99. The highest BCUT2D eigenvalue weighted by atomic mass is 35.5. The molecular weight excluding hydrogens is 452 g/mol. The van der Waals surface area contributed by atoms with Crippen molar-refractivity contribution in [1.29, 1.82) is 0 Å². The summed E-state index contributed by atoms with van der Waals surface area (Å²) in [5.41, 5.74) is 1.77. The highest BCUT2D eigenvalue weighted by molar-refractivity contribution is 6.30. The summed E-state index contributed by atoms with van der Waals surface area (Å²) in [6.07, 6.45) is 3.50. The minimum Gasteiger partial charge on any atom is -0.378 e. The minimum absolute atomic E-state index is 0.0424. The third-order valence-corrected chi connectivity index (χ3v) is 7.97. The first-order chi connectivity index (χ1) is 16.5. The molecule has 6 rings (SSSR count). The van der Waals surface area contributed by atoms with E-state index in [1.165, 1.54) is 0 Å². The molecule has 0 saturated carbocycles. The van der Waals surface area contributed by atoms with Gasteiger partial charge in [0.15, 0.2) is 0 Å². The first-order valence-electron chi connectivity index (χ1n) is 11.9. The maximum atomic E-state index is 13.9. The number of aromatic nitrogens is 3. The van der Waals surface area contributed by atoms with Crippen molar-refractivity contribution in [2.24, 2.45) is 5.41 Å². The van der Waals surface area contributed by atoms with Gasteiger partial charge in [0.05, 0.1) is 42.0 Å². The molecule has 0 bridgehead atoms. The number of carbonyl (C=O) groups is 1. The lowest BCUT2D eigenvalue weighted by molar-refractivity contribution is -0.132. The Morgan fingerprint density at radius 1 is 1.26 bits per heavy atom. The number of nitrogens with zero attached hydrogens (tertiary/aromatic N) is 4. The molecule has 178 valence electrons. The van der Waals surface area contributed by atoms with E-state index in [4.69, 9.17) is 16.3 Å². The number of rotatable bonds is 6. The van der Waals surface area contributed by atoms with Crippen molar-refractivity contribution in [1.82, 2.24) is 25.2 Å². The van der Waals surface area contributed by atoms with Gasteiger partial charge in [-0.05, 0) is 23.8 Å². The van der Waals surface area contributed by atoms with Crippen LogP contribution in [0.25, 0.3) is 11.0 Å². The molecule has 34 heavy (non-hydrogen) atoms. The number of hydrogen-bond donors (Lipinski definition) is 2. The molecule has 2 N–H and O–H groups in total. The lowest BCUT2D eigenvalue weighted by atomic mass is 9.68. The molecule has 3 fully saturated rings. The van der Waals surface area contributed by atoms with E-state index in [-0.39, 0.29) is 29.3 Å². The van der Waals surface area contributed by atoms with Gasteiger partial charge in [0.1, 0.15) is 17.8 Å². The third-order valence-electron chi connectivity index (χ3n) is 7.71. The van der Waals surface area contributed by atoms with Crippen LogP contribution in [0.15, 0.2) is 42.9 Å². The highest BCUT2D eigenvalue weighted by Crippen LogP contribution is 2.55. The van der Waals surface area contributed by atoms with Crippen molar-refractivity contribution in [2.45, 2.75) is 37.9 Å². The highest BCUT2D eigenvalue weighted by Gasteiger charge is 2.68. The summed E-state index contributed by atoms with van der Waals surface area (Å²) in [6.45, 7) is 7.50. The number of aromatic amines is 1. The Labute approximate surface area is 203 Å². The number of carbonyl (C=O) groups excluding carboxylic acids is 1. The summed E-state index contributed by atoms with van der Waals surface area (Å²) in [4.78, 5) is 30.5. The van der Waals surface area contributed by atoms with Crippen LogP contribution in [0.5, 0.6) is 0 Å². The number of fused-ring (bicyclic) bond motifs is 1. The van der Waals surface area contributed by atoms with Crippen LogP contribution >= 0.6 is 11.6 Å². The zero-order valence-corrected chi connectivity index (χ0v) is 20.1. The molecule has 1 amide bonds. The fourth-order valence-electron chi connectivity index (χ4n) is 6.01. The largest absolute Gasteiger partial charge is 0.378 e. The van der Waals surface area contributed by atoms with Crippen molar-refractivity contribution in [2.75, 3.05) is 37.7 Å². The van der Waals surface area contributed by atoms with Crippen molar-refractivity contribution in [3.63, 3.8) is 0 Å². The van der Waals surface area contributed by atoms with E-state index in [1.807, 2.05) is 41.4 Å². The first-order valence-corrected chi connectivity index (χ1v) is 12.3. The zero-order valence-electron chi connectivity index (χ0n) is 19.4. The van der Waals surface area contributed by atoms with E-state index in [2.05, 4.69) is 39.0 Å². The van der Waals surface area contributed by atoms with Crippen LogP contribution in [0.4, 0.5) is 5.82 Å². The van der Waals surface area contributed by atoms with Gasteiger partial charge < -0.3 is 24.8 Å². The number of benzene rings is 1. The molecule has 3 aliphatic rings. The third kappa shape index (κ3) is 3.31. The summed E-state index contributed by atoms with van der Waals surface area (Å²) in [5.74, 6) is 0.810. The smallest absolute Gasteiger partial charge is 0.231 e. The number of amides is 1. The van der Waals surface area contributed by atoms with E-state index >= 15 is 0 Å². The Kier molecular flexibility index (Phi) is 5.28. The van der Waals surface area contributed by atoms with E-state index in [0.29, 0.717) is 43.9 Å². The number of hydrogen-bond acceptors (Lipinski definition) is 6. The van der Waals surface area contributed by atoms with Crippen LogP contribution in [-0.2, 0) is 9.53 Å². The van der Waals surface area contributed by atoms with Crippen LogP contribution in [-0.4, -0.2) is 76.7 Å². The number of nitrogens with one attached hydrogen (secondary N) is 2. The van der Waals surface area contributed by atoms with Gasteiger partial charge in [0.2, 0.25) is 5.91 Å². The fourth-order valence-corrected chi connectivity index (χ4v) is 6.14. The molecule has 9 heteroatoms. The van der Waals surface area contributed by atoms with Crippen molar-refractivity contribution >= 4 is 34.4 Å². The van der Waals surface area contributed by atoms with E-state index in [0.717, 1.165) is 22.4 Å². The zero-order chi connectivity index (χ0) is 23.4. The lowest BCUT2D eigenvalue weighted by Crippen LogP contribution is -2.71. The summed E-state index contributed by atoms with van der Waals surface area (Å²) in [6, 6.07) is 10.4. The molecule has 1 aromatic carbocycles. The van der Waals surface area contributed by atoms with E-state index in [1.54, 1.807) is 6.33 Å². The summed E-state index contributed by atoms with van der Waals surface area (Å²) in [5, 5.41) is 5.14. The van der Waals surface area contributed by atoms with Gasteiger partial charge in [-0.1, -0.05) is 37.6 Å². The van der Waals surface area contributed by atoms with Crippen LogP contribution in [0.1, 0.15) is 25.3 Å². The topological polar surface area (TPSA) is 86.4 Å². The SMILES string of the molecule is CC(C)NC[C@@H](C(=O)N1CC2N(c3ncnc4[nH]ccc34)C3COCC32C1)c1ccc(Cl)cc1. The summed E-state index contributed by atoms with van der Waals surface area (Å²) >= 11 is 6.12. The van der Waals surface area contributed by atoms with Crippen LogP contribution < -0.4 is 10.2 Å². The van der Waals surface area contributed by atoms with Crippen LogP contribution in [0.2, 0.25) is 5.02 Å². The van der Waals surface area contributed by atoms with Gasteiger partial charge >= 0.3 is 0 Å². The van der Waals surface area contributed by atoms with E-state index < -0.39 is 0 Å². The molecule has 0 radical (unpaired) electrons. The summed E-state index contributed by atoms with van der Waals surface area (Å²) in [7, 11) is 0. The van der Waals surface area contributed by atoms with E-state index in [9.17, 15) is 4.79 Å². The maximum Gasteiger partial charge on any atom is 0.231 e. The van der Waals surface area contributed by atoms with Gasteiger partial charge in [0.25, 0.3) is 0 Å². The molecule has 3 aromatic rings. The molecule has 5 heterocycles. The van der Waals surface area contributed by atoms with Crippen molar-refractivity contribution in [3.8, 4) is 0 Å². The molecule has 0 aliphatic carbocycles. The molecule has 4 atom stereocenters. The Morgan fingerprint density at radius 2 is 2.09 bits per heavy atom. The predicted molar refractivity (Wildman–Crippen MR) is 131 cm³/mol. The average Bonchev–Trinajstić information content (AvgIpc) is 3.52. The number of ether oxygens (including phenoxy) is 1. The second kappa shape index (κ2) is 8.22. The van der Waals surface area contributed by atoms with Crippen LogP contribution in [0, 0.1) is 5.41 Å². The van der Waals surface area contributed by atoms with Gasteiger partial charge in [-0.25, -0.2) is 9.97 Å². The molecule has 1 spiro atoms. The molecule has 8 nitrogen and oxygen atoms in total. The Balaban J connectivity index is 1.29. The number of anilines is 1. The molecule has 3 unspecified atom stereocenters. The first kappa shape index (κ1) is 21.8. The molecule has 3 saturated heterocycles. The molecular formula is C25H29ClN6O2. The van der Waals surface area contributed by atoms with Gasteiger partial charge in [-0.15, -0.1) is 0 Å². The predicted octanol–water partition coefficient (Wildman–Crippen LogP) is 2.81. The monoisotopic (exact) mass is 480 g/mol. The number of likely N-dealkylation sites (tertiary alicyclic amines) is 1. The van der Waals surface area contributed by atoms with Crippen LogP contribution in [0.3, 0.4) is 0 Å². The fraction of sp³-hybridized carbons (Fsp3) is 0.480. The normalized spacial score (nSPS) is 26.6.